The molecule has 3 N–H and O–H groups in total. The second-order valence-electron chi connectivity index (χ2n) is 12.6. The van der Waals surface area contributed by atoms with Gasteiger partial charge >= 0.3 is 6.18 Å². The van der Waals surface area contributed by atoms with E-state index in [-0.39, 0.29) is 56.1 Å². The van der Waals surface area contributed by atoms with Gasteiger partial charge in [0.15, 0.2) is 11.3 Å². The maximum Gasteiger partial charge on any atom is 0.408 e. The zero-order valence-electron chi connectivity index (χ0n) is 24.2. The summed E-state index contributed by atoms with van der Waals surface area (Å²) >= 11 is 0. The number of aromatic nitrogens is 8. The van der Waals surface area contributed by atoms with Gasteiger partial charge in [-0.1, -0.05) is 5.16 Å². The molecule has 2 amide bonds. The third-order valence-corrected chi connectivity index (χ3v) is 9.23. The van der Waals surface area contributed by atoms with Crippen molar-refractivity contribution in [1.29, 1.82) is 0 Å². The average Bonchev–Trinajstić information content (AvgIpc) is 3.37. The molecule has 3 fully saturated rings. The lowest BCUT2D eigenvalue weighted by atomic mass is 9.75. The molecule has 7 rings (SSSR count). The van der Waals surface area contributed by atoms with Gasteiger partial charge in [-0.05, 0) is 61.2 Å². The molecule has 13 nitrogen and oxygen atoms in total. The second-order valence-corrected chi connectivity index (χ2v) is 12.6. The zero-order chi connectivity index (χ0) is 32.3. The largest absolute Gasteiger partial charge is 0.408 e. The van der Waals surface area contributed by atoms with Gasteiger partial charge in [-0.2, -0.15) is 33.7 Å². The maximum atomic E-state index is 14.1. The first-order chi connectivity index (χ1) is 21.9. The second kappa shape index (κ2) is 11.1. The lowest BCUT2D eigenvalue weighted by molar-refractivity contribution is -0.155. The molecule has 0 aromatic carbocycles. The van der Waals surface area contributed by atoms with Gasteiger partial charge in [-0.25, -0.2) is 22.9 Å². The molecule has 2 aliphatic carbocycles. The highest BCUT2D eigenvalue weighted by atomic mass is 19.4. The molecule has 46 heavy (non-hydrogen) atoms. The van der Waals surface area contributed by atoms with Crippen molar-refractivity contribution in [3.63, 3.8) is 0 Å². The van der Waals surface area contributed by atoms with E-state index in [4.69, 9.17) is 4.63 Å². The summed E-state index contributed by atoms with van der Waals surface area (Å²) in [5.41, 5.74) is 0.466. The summed E-state index contributed by atoms with van der Waals surface area (Å²) < 4.78 is 75.4. The quantitative estimate of drug-likeness (QED) is 0.230. The molecule has 0 spiro atoms. The van der Waals surface area contributed by atoms with Crippen LogP contribution in [-0.4, -0.2) is 70.3 Å². The van der Waals surface area contributed by atoms with E-state index in [1.807, 2.05) is 0 Å². The molecule has 0 bridgehead atoms. The number of amides is 2. The van der Waals surface area contributed by atoms with E-state index in [9.17, 15) is 31.5 Å². The monoisotopic (exact) mass is 648 g/mol. The summed E-state index contributed by atoms with van der Waals surface area (Å²) in [6.07, 6.45) is 0.354. The van der Waals surface area contributed by atoms with Crippen molar-refractivity contribution in [2.24, 2.45) is 11.3 Å². The van der Waals surface area contributed by atoms with Gasteiger partial charge in [-0.3, -0.25) is 9.59 Å². The molecule has 1 saturated heterocycles. The Morgan fingerprint density at radius 3 is 2.59 bits per heavy atom. The van der Waals surface area contributed by atoms with Crippen LogP contribution in [0.15, 0.2) is 29.3 Å². The number of nitrogens with zero attached hydrogens (tertiary/aromatic N) is 7. The van der Waals surface area contributed by atoms with Crippen LogP contribution < -0.4 is 10.6 Å². The Morgan fingerprint density at radius 2 is 1.91 bits per heavy atom. The van der Waals surface area contributed by atoms with Gasteiger partial charge in [-0.15, -0.1) is 0 Å². The minimum absolute atomic E-state index is 0.0437. The smallest absolute Gasteiger partial charge is 0.344 e. The van der Waals surface area contributed by atoms with Crippen LogP contribution in [0.3, 0.4) is 0 Å². The van der Waals surface area contributed by atoms with Crippen LogP contribution in [0.1, 0.15) is 90.0 Å². The van der Waals surface area contributed by atoms with Crippen molar-refractivity contribution in [2.75, 3.05) is 0 Å². The highest BCUT2D eigenvalue weighted by Gasteiger charge is 2.55. The van der Waals surface area contributed by atoms with Crippen molar-refractivity contribution in [3.05, 3.63) is 53.0 Å². The first kappa shape index (κ1) is 30.2. The number of halogens is 5. The summed E-state index contributed by atoms with van der Waals surface area (Å²) in [4.78, 5) is 31.1. The van der Waals surface area contributed by atoms with Crippen LogP contribution >= 0.6 is 0 Å². The van der Waals surface area contributed by atoms with Gasteiger partial charge in [0.1, 0.15) is 11.7 Å². The van der Waals surface area contributed by atoms with Crippen molar-refractivity contribution in [1.82, 2.24) is 51.0 Å². The SMILES string of the molecule is O=C(N[C@H](c1cn2ncc(C[C@@]3(Cc4cn[nH]n4)C[C@@H](C(F)(F)F)NC3=O)cc2n1)C1CCC(F)(F)CC1)c1nonc1C1CC1. The Kier molecular flexibility index (Phi) is 7.26. The summed E-state index contributed by atoms with van der Waals surface area (Å²) in [6.45, 7) is 0. The number of nitrogens with one attached hydrogen (secondary N) is 3. The number of fused-ring (bicyclic) bond motifs is 1. The fourth-order valence-electron chi connectivity index (χ4n) is 6.66. The topological polar surface area (TPSA) is 169 Å². The van der Waals surface area contributed by atoms with E-state index in [1.165, 1.54) is 16.9 Å². The molecule has 5 heterocycles. The van der Waals surface area contributed by atoms with Gasteiger partial charge < -0.3 is 10.6 Å². The Labute approximate surface area is 257 Å². The number of carbonyl (C=O) groups is 2. The third-order valence-electron chi connectivity index (χ3n) is 9.23. The molecule has 3 atom stereocenters. The van der Waals surface area contributed by atoms with E-state index < -0.39 is 47.8 Å². The minimum Gasteiger partial charge on any atom is -0.344 e. The van der Waals surface area contributed by atoms with E-state index >= 15 is 0 Å². The lowest BCUT2D eigenvalue weighted by Crippen LogP contribution is -2.39. The molecule has 3 aliphatic rings. The molecule has 244 valence electrons. The van der Waals surface area contributed by atoms with Gasteiger partial charge in [0.25, 0.3) is 5.91 Å². The number of H-pyrrole nitrogens is 1. The van der Waals surface area contributed by atoms with E-state index in [0.717, 1.165) is 12.8 Å². The Bertz CT molecular complexity index is 1740. The molecule has 0 radical (unpaired) electrons. The first-order valence-corrected chi connectivity index (χ1v) is 15.0. The standard InChI is InChI=1S/C28H29F5N10O3/c29-27(30)5-3-16(4-6-27)21(38-24(44)23-22(15-1-2-15)40-46-41-23)18-13-43-20(36-18)7-14(11-35-43)8-26(9-17-12-34-42-39-17)10-19(28(31,32)33)37-25(26)45/h7,11-13,15-16,19,21H,1-6,8-10H2,(H,37,45)(H,38,44)(H,34,39,42)/t19-,21-,26+/m0/s1. The van der Waals surface area contributed by atoms with Crippen molar-refractivity contribution < 1.29 is 36.2 Å². The van der Waals surface area contributed by atoms with E-state index in [0.29, 0.717) is 28.3 Å². The summed E-state index contributed by atoms with van der Waals surface area (Å²) in [5, 5.41) is 27.1. The molecular formula is C28H29F5N10O3. The number of hydrogen-bond donors (Lipinski definition) is 3. The van der Waals surface area contributed by atoms with Crippen molar-refractivity contribution in [2.45, 2.75) is 87.9 Å². The third kappa shape index (κ3) is 5.91. The Hall–Kier alpha value is -4.51. The predicted octanol–water partition coefficient (Wildman–Crippen LogP) is 3.63. The fraction of sp³-hybridized carbons (Fsp3) is 0.571. The number of aromatic amines is 1. The maximum absolute atomic E-state index is 14.1. The zero-order valence-corrected chi connectivity index (χ0v) is 24.2. The number of hydrogen-bond acceptors (Lipinski definition) is 9. The summed E-state index contributed by atoms with van der Waals surface area (Å²) in [6, 6.07) is -1.19. The average molecular weight is 649 g/mol. The number of alkyl halides is 5. The molecular weight excluding hydrogens is 619 g/mol. The Balaban J connectivity index is 1.18. The number of rotatable bonds is 9. The van der Waals surface area contributed by atoms with E-state index in [2.05, 4.69) is 46.4 Å². The molecule has 4 aromatic heterocycles. The van der Waals surface area contributed by atoms with Crippen LogP contribution in [-0.2, 0) is 17.6 Å². The normalized spacial score (nSPS) is 24.3. The van der Waals surface area contributed by atoms with Crippen LogP contribution in [0.5, 0.6) is 0 Å². The van der Waals surface area contributed by atoms with Crippen LogP contribution in [0.4, 0.5) is 22.0 Å². The molecule has 0 unspecified atom stereocenters. The number of carbonyl (C=O) groups excluding carboxylic acids is 2. The van der Waals surface area contributed by atoms with Gasteiger partial charge in [0, 0.05) is 25.2 Å². The van der Waals surface area contributed by atoms with Crippen LogP contribution in [0.25, 0.3) is 5.65 Å². The van der Waals surface area contributed by atoms with E-state index in [1.54, 1.807) is 12.3 Å². The first-order valence-electron chi connectivity index (χ1n) is 15.0. The van der Waals surface area contributed by atoms with Gasteiger partial charge in [0.05, 0.1) is 41.4 Å². The predicted molar refractivity (Wildman–Crippen MR) is 145 cm³/mol. The van der Waals surface area contributed by atoms with Crippen LogP contribution in [0, 0.1) is 11.3 Å². The number of imidazole rings is 1. The molecule has 2 saturated carbocycles. The molecule has 18 heteroatoms. The van der Waals surface area contributed by atoms with Crippen LogP contribution in [0.2, 0.25) is 0 Å². The highest BCUT2D eigenvalue weighted by molar-refractivity contribution is 5.93. The molecule has 1 aliphatic heterocycles. The Morgan fingerprint density at radius 1 is 1.13 bits per heavy atom. The van der Waals surface area contributed by atoms with Gasteiger partial charge in [0.2, 0.25) is 11.8 Å². The fourth-order valence-corrected chi connectivity index (χ4v) is 6.66. The lowest BCUT2D eigenvalue weighted by Gasteiger charge is -2.33. The summed E-state index contributed by atoms with van der Waals surface area (Å²) in [7, 11) is 0. The minimum atomic E-state index is -4.63. The van der Waals surface area contributed by atoms with Crippen molar-refractivity contribution >= 4 is 17.5 Å². The van der Waals surface area contributed by atoms with Crippen molar-refractivity contribution in [3.8, 4) is 0 Å². The highest BCUT2D eigenvalue weighted by Crippen LogP contribution is 2.44. The molecule has 4 aromatic rings. The summed E-state index contributed by atoms with van der Waals surface area (Å²) in [5.74, 6) is -4.40.